The van der Waals surface area contributed by atoms with Gasteiger partial charge in [-0.2, -0.15) is 0 Å². The molecule has 2 heteroatoms. The van der Waals surface area contributed by atoms with E-state index in [9.17, 15) is 0 Å². The summed E-state index contributed by atoms with van der Waals surface area (Å²) >= 11 is 0. The quantitative estimate of drug-likeness (QED) is 0.505. The molecule has 88 valence electrons. The highest BCUT2D eigenvalue weighted by atomic mass is 28.4. The Morgan fingerprint density at radius 1 is 1.07 bits per heavy atom. The monoisotopic (exact) mass is 226 g/mol. The van der Waals surface area contributed by atoms with Crippen LogP contribution in [0.4, 0.5) is 0 Å². The normalized spacial score (nSPS) is 13.1. The first-order valence-electron chi connectivity index (χ1n) is 5.47. The second-order valence-corrected chi connectivity index (χ2v) is 10.7. The van der Waals surface area contributed by atoms with Gasteiger partial charge in [0.1, 0.15) is 0 Å². The molecule has 0 bridgehead atoms. The van der Waals surface area contributed by atoms with Gasteiger partial charge in [0.15, 0.2) is 8.32 Å². The third kappa shape index (κ3) is 3.96. The predicted molar refractivity (Wildman–Crippen MR) is 71.7 cm³/mol. The fraction of sp³-hybridized carbons (Fsp3) is 0.692. The highest BCUT2D eigenvalue weighted by molar-refractivity contribution is 6.74. The van der Waals surface area contributed by atoms with Gasteiger partial charge in [-0.3, -0.25) is 0 Å². The number of rotatable bonds is 4. The van der Waals surface area contributed by atoms with Crippen molar-refractivity contribution in [2.75, 3.05) is 0 Å². The minimum atomic E-state index is -1.72. The Balaban J connectivity index is 4.83. The van der Waals surface area contributed by atoms with E-state index < -0.39 is 8.32 Å². The molecule has 0 saturated heterocycles. The van der Waals surface area contributed by atoms with E-state index in [0.717, 1.165) is 11.1 Å². The van der Waals surface area contributed by atoms with Crippen LogP contribution in [0.25, 0.3) is 0 Å². The second-order valence-electron chi connectivity index (χ2n) is 5.95. The third-order valence-corrected chi connectivity index (χ3v) is 7.55. The molecule has 0 N–H and O–H groups in total. The average Bonchev–Trinajstić information content (AvgIpc) is 1.96. The molecule has 0 spiro atoms. The molecular formula is C13H26OSi. The van der Waals surface area contributed by atoms with Crippen LogP contribution in [0.5, 0.6) is 0 Å². The van der Waals surface area contributed by atoms with E-state index in [-0.39, 0.29) is 11.1 Å². The van der Waals surface area contributed by atoms with Crippen molar-refractivity contribution in [1.29, 1.82) is 0 Å². The number of hydrogen-bond acceptors (Lipinski definition) is 1. The van der Waals surface area contributed by atoms with E-state index in [1.165, 1.54) is 0 Å². The first-order chi connectivity index (χ1) is 6.49. The zero-order valence-electron chi connectivity index (χ0n) is 11.4. The van der Waals surface area contributed by atoms with Gasteiger partial charge in [0.25, 0.3) is 0 Å². The van der Waals surface area contributed by atoms with Gasteiger partial charge < -0.3 is 4.43 Å². The maximum Gasteiger partial charge on any atom is 0.193 e. The van der Waals surface area contributed by atoms with Gasteiger partial charge in [0.2, 0.25) is 0 Å². The first-order valence-corrected chi connectivity index (χ1v) is 8.38. The smallest absolute Gasteiger partial charge is 0.193 e. The number of hydrogen-bond donors (Lipinski definition) is 0. The van der Waals surface area contributed by atoms with Crippen LogP contribution in [0.1, 0.15) is 34.6 Å². The van der Waals surface area contributed by atoms with Crippen LogP contribution in [-0.2, 0) is 4.43 Å². The molecule has 0 amide bonds. The van der Waals surface area contributed by atoms with E-state index in [1.807, 2.05) is 13.8 Å². The van der Waals surface area contributed by atoms with Crippen LogP contribution in [0.2, 0.25) is 18.1 Å². The highest BCUT2D eigenvalue weighted by Crippen LogP contribution is 2.38. The van der Waals surface area contributed by atoms with Crippen LogP contribution in [0.3, 0.4) is 0 Å². The second kappa shape index (κ2) is 4.66. The molecule has 0 unspecified atom stereocenters. The van der Waals surface area contributed by atoms with Gasteiger partial charge in [-0.1, -0.05) is 33.9 Å². The Morgan fingerprint density at radius 2 is 1.40 bits per heavy atom. The molecule has 0 fully saturated rings. The van der Waals surface area contributed by atoms with E-state index in [2.05, 4.69) is 47.0 Å². The average molecular weight is 226 g/mol. The minimum Gasteiger partial charge on any atom is -0.407 e. The summed E-state index contributed by atoms with van der Waals surface area (Å²) in [5, 5.41) is 0.232. The lowest BCUT2D eigenvalue weighted by atomic mass is 10.1. The Labute approximate surface area is 96.4 Å². The lowest BCUT2D eigenvalue weighted by molar-refractivity contribution is 0.247. The van der Waals surface area contributed by atoms with Crippen LogP contribution in [0.15, 0.2) is 24.3 Å². The zero-order chi connectivity index (χ0) is 12.4. The summed E-state index contributed by atoms with van der Waals surface area (Å²) in [4.78, 5) is 0. The van der Waals surface area contributed by atoms with Crippen molar-refractivity contribution in [3.63, 3.8) is 0 Å². The van der Waals surface area contributed by atoms with Gasteiger partial charge in [0, 0.05) is 0 Å². The van der Waals surface area contributed by atoms with Crippen LogP contribution >= 0.6 is 0 Å². The van der Waals surface area contributed by atoms with Gasteiger partial charge >= 0.3 is 0 Å². The topological polar surface area (TPSA) is 9.23 Å². The van der Waals surface area contributed by atoms with Crippen molar-refractivity contribution < 1.29 is 4.43 Å². The molecule has 0 aliphatic rings. The van der Waals surface area contributed by atoms with Crippen molar-refractivity contribution in [2.24, 2.45) is 0 Å². The summed E-state index contributed by atoms with van der Waals surface area (Å²) in [6, 6.07) is 0. The molecule has 0 saturated carbocycles. The predicted octanol–water partition coefficient (Wildman–Crippen LogP) is 4.53. The first kappa shape index (κ1) is 14.7. The summed E-state index contributed by atoms with van der Waals surface area (Å²) in [5.41, 5.74) is 2.10. The third-order valence-electron chi connectivity index (χ3n) is 3.11. The lowest BCUT2D eigenvalue weighted by Gasteiger charge is -2.39. The molecule has 0 rings (SSSR count). The maximum atomic E-state index is 6.27. The Bertz CT molecular complexity index is 244. The van der Waals surface area contributed by atoms with Crippen molar-refractivity contribution in [2.45, 2.75) is 58.9 Å². The van der Waals surface area contributed by atoms with E-state index >= 15 is 0 Å². The van der Waals surface area contributed by atoms with E-state index in [0.29, 0.717) is 0 Å². The molecular weight excluding hydrogens is 200 g/mol. The summed E-state index contributed by atoms with van der Waals surface area (Å²) in [7, 11) is -1.72. The molecule has 0 heterocycles. The summed E-state index contributed by atoms with van der Waals surface area (Å²) < 4.78 is 6.27. The van der Waals surface area contributed by atoms with Gasteiger partial charge in [-0.05, 0) is 43.1 Å². The molecule has 0 atom stereocenters. The van der Waals surface area contributed by atoms with Gasteiger partial charge in [0.05, 0.1) is 6.10 Å². The molecule has 15 heavy (non-hydrogen) atoms. The molecule has 0 aromatic heterocycles. The molecule has 1 nitrogen and oxygen atoms in total. The lowest BCUT2D eigenvalue weighted by Crippen LogP contribution is -2.44. The largest absolute Gasteiger partial charge is 0.407 e. The van der Waals surface area contributed by atoms with E-state index in [4.69, 9.17) is 4.43 Å². The molecule has 0 aliphatic heterocycles. The molecule has 0 aromatic rings. The molecule has 0 aromatic carbocycles. The fourth-order valence-electron chi connectivity index (χ4n) is 1.09. The van der Waals surface area contributed by atoms with Crippen LogP contribution in [0, 0.1) is 0 Å². The van der Waals surface area contributed by atoms with Crippen LogP contribution in [-0.4, -0.2) is 14.4 Å². The van der Waals surface area contributed by atoms with Crippen molar-refractivity contribution in [3.8, 4) is 0 Å². The Morgan fingerprint density at radius 3 is 1.60 bits per heavy atom. The Hall–Kier alpha value is -0.343. The molecule has 0 aliphatic carbocycles. The van der Waals surface area contributed by atoms with Gasteiger partial charge in [-0.15, -0.1) is 0 Å². The van der Waals surface area contributed by atoms with Crippen LogP contribution < -0.4 is 0 Å². The molecule has 0 radical (unpaired) electrons. The SMILES string of the molecule is C=C(C)C(O[Si](C)(C)C(C)(C)C)C(=C)C. The Kier molecular flexibility index (Phi) is 4.56. The maximum absolute atomic E-state index is 6.27. The summed E-state index contributed by atoms with van der Waals surface area (Å²) in [6.45, 7) is 23.2. The summed E-state index contributed by atoms with van der Waals surface area (Å²) in [6.07, 6.45) is 0.0193. The van der Waals surface area contributed by atoms with Gasteiger partial charge in [-0.25, -0.2) is 0 Å². The highest BCUT2D eigenvalue weighted by Gasteiger charge is 2.39. The zero-order valence-corrected chi connectivity index (χ0v) is 12.4. The van der Waals surface area contributed by atoms with Crippen molar-refractivity contribution >= 4 is 8.32 Å². The fourth-order valence-corrected chi connectivity index (χ4v) is 2.44. The minimum absolute atomic E-state index is 0.0193. The van der Waals surface area contributed by atoms with Crippen molar-refractivity contribution in [1.82, 2.24) is 0 Å². The van der Waals surface area contributed by atoms with E-state index in [1.54, 1.807) is 0 Å². The standard InChI is InChI=1S/C13H26OSi/c1-10(2)12(11(3)4)14-15(8,9)13(5,6)7/h12H,1,3H2,2,4-9H3. The summed E-state index contributed by atoms with van der Waals surface area (Å²) in [5.74, 6) is 0. The van der Waals surface area contributed by atoms with Crippen molar-refractivity contribution in [3.05, 3.63) is 24.3 Å².